The first-order chi connectivity index (χ1) is 8.27. The third-order valence-electron chi connectivity index (χ3n) is 3.25. The highest BCUT2D eigenvalue weighted by Gasteiger charge is 2.31. The van der Waals surface area contributed by atoms with Crippen LogP contribution < -0.4 is 0 Å². The largest absolute Gasteiger partial charge is 0.383 e. The van der Waals surface area contributed by atoms with Gasteiger partial charge in [-0.25, -0.2) is 0 Å². The highest BCUT2D eigenvalue weighted by Crippen LogP contribution is 2.31. The van der Waals surface area contributed by atoms with Gasteiger partial charge in [-0.2, -0.15) is 5.10 Å². The van der Waals surface area contributed by atoms with E-state index in [9.17, 15) is 0 Å². The molecular formula is C11H19N3O2S. The lowest BCUT2D eigenvalue weighted by atomic mass is 9.99. The van der Waals surface area contributed by atoms with Crippen LogP contribution in [0.15, 0.2) is 0 Å². The second kappa shape index (κ2) is 5.75. The first-order valence-electron chi connectivity index (χ1n) is 6.03. The molecule has 0 aliphatic carbocycles. The molecule has 1 aromatic heterocycles. The van der Waals surface area contributed by atoms with Gasteiger partial charge in [-0.3, -0.25) is 5.10 Å². The summed E-state index contributed by atoms with van der Waals surface area (Å²) in [5, 5.41) is 7.23. The maximum atomic E-state index is 5.71. The zero-order valence-electron chi connectivity index (χ0n) is 10.3. The van der Waals surface area contributed by atoms with Crippen LogP contribution in [-0.4, -0.2) is 41.2 Å². The van der Waals surface area contributed by atoms with Gasteiger partial charge < -0.3 is 14.0 Å². The van der Waals surface area contributed by atoms with Crippen LogP contribution in [0.3, 0.4) is 0 Å². The number of nitrogens with zero attached hydrogens (tertiary/aromatic N) is 2. The highest BCUT2D eigenvalue weighted by atomic mass is 32.1. The van der Waals surface area contributed by atoms with E-state index in [4.69, 9.17) is 21.7 Å². The third kappa shape index (κ3) is 2.59. The number of H-pyrrole nitrogens is 1. The quantitative estimate of drug-likeness (QED) is 0.818. The van der Waals surface area contributed by atoms with Crippen molar-refractivity contribution in [1.29, 1.82) is 0 Å². The topological polar surface area (TPSA) is 52.1 Å². The SMILES string of the molecule is CCC1OCCC1c1n[nH]c(=S)n1CCOC. The molecule has 2 atom stereocenters. The normalized spacial score (nSPS) is 24.4. The van der Waals surface area contributed by atoms with Gasteiger partial charge in [0.05, 0.1) is 12.7 Å². The van der Waals surface area contributed by atoms with E-state index in [2.05, 4.69) is 17.1 Å². The van der Waals surface area contributed by atoms with Gasteiger partial charge in [-0.1, -0.05) is 6.92 Å². The number of hydrogen-bond donors (Lipinski definition) is 1. The molecule has 1 saturated heterocycles. The molecule has 96 valence electrons. The summed E-state index contributed by atoms with van der Waals surface area (Å²) in [5.41, 5.74) is 0. The van der Waals surface area contributed by atoms with Crippen LogP contribution in [-0.2, 0) is 16.0 Å². The summed E-state index contributed by atoms with van der Waals surface area (Å²) in [7, 11) is 1.69. The minimum Gasteiger partial charge on any atom is -0.383 e. The number of rotatable bonds is 5. The van der Waals surface area contributed by atoms with E-state index in [-0.39, 0.29) is 6.10 Å². The van der Waals surface area contributed by atoms with Crippen molar-refractivity contribution >= 4 is 12.2 Å². The van der Waals surface area contributed by atoms with Gasteiger partial charge >= 0.3 is 0 Å². The molecule has 1 N–H and O–H groups in total. The van der Waals surface area contributed by atoms with E-state index in [1.165, 1.54) is 0 Å². The van der Waals surface area contributed by atoms with Crippen molar-refractivity contribution in [2.75, 3.05) is 20.3 Å². The van der Waals surface area contributed by atoms with Crippen LogP contribution in [0.1, 0.15) is 31.5 Å². The van der Waals surface area contributed by atoms with Crippen LogP contribution >= 0.6 is 12.2 Å². The second-order valence-electron chi connectivity index (χ2n) is 4.24. The molecular weight excluding hydrogens is 238 g/mol. The Morgan fingerprint density at radius 2 is 2.47 bits per heavy atom. The predicted molar refractivity (Wildman–Crippen MR) is 66.7 cm³/mol. The number of ether oxygens (including phenoxy) is 2. The van der Waals surface area contributed by atoms with E-state index < -0.39 is 0 Å². The van der Waals surface area contributed by atoms with Crippen LogP contribution in [0, 0.1) is 4.77 Å². The van der Waals surface area contributed by atoms with Crippen molar-refractivity contribution in [3.8, 4) is 0 Å². The summed E-state index contributed by atoms with van der Waals surface area (Å²) in [6, 6.07) is 0. The number of nitrogens with one attached hydrogen (secondary N) is 1. The number of aromatic nitrogens is 3. The Labute approximate surface area is 106 Å². The molecule has 17 heavy (non-hydrogen) atoms. The van der Waals surface area contributed by atoms with Crippen LogP contribution in [0.25, 0.3) is 0 Å². The molecule has 0 radical (unpaired) electrons. The molecule has 2 unspecified atom stereocenters. The Balaban J connectivity index is 2.22. The lowest BCUT2D eigenvalue weighted by Crippen LogP contribution is -2.19. The summed E-state index contributed by atoms with van der Waals surface area (Å²) in [6.45, 7) is 4.34. The maximum absolute atomic E-state index is 5.71. The van der Waals surface area contributed by atoms with Crippen molar-refractivity contribution < 1.29 is 9.47 Å². The van der Waals surface area contributed by atoms with Gasteiger partial charge in [-0.05, 0) is 25.1 Å². The number of methoxy groups -OCH3 is 1. The molecule has 0 bridgehead atoms. The summed E-state index contributed by atoms with van der Waals surface area (Å²) in [6.07, 6.45) is 2.29. The minimum atomic E-state index is 0.265. The summed E-state index contributed by atoms with van der Waals surface area (Å²) in [4.78, 5) is 0. The lowest BCUT2D eigenvalue weighted by molar-refractivity contribution is 0.0984. The van der Waals surface area contributed by atoms with Crippen molar-refractivity contribution in [1.82, 2.24) is 14.8 Å². The molecule has 0 spiro atoms. The maximum Gasteiger partial charge on any atom is 0.195 e. The average Bonchev–Trinajstić information content (AvgIpc) is 2.92. The first-order valence-corrected chi connectivity index (χ1v) is 6.44. The van der Waals surface area contributed by atoms with Crippen LogP contribution in [0.2, 0.25) is 0 Å². The van der Waals surface area contributed by atoms with Gasteiger partial charge in [0.15, 0.2) is 4.77 Å². The monoisotopic (exact) mass is 257 g/mol. The Morgan fingerprint density at radius 3 is 3.18 bits per heavy atom. The third-order valence-corrected chi connectivity index (χ3v) is 3.56. The van der Waals surface area contributed by atoms with Gasteiger partial charge in [0, 0.05) is 26.2 Å². The lowest BCUT2D eigenvalue weighted by Gasteiger charge is -2.17. The van der Waals surface area contributed by atoms with Gasteiger partial charge in [0.2, 0.25) is 0 Å². The van der Waals surface area contributed by atoms with Gasteiger partial charge in [0.1, 0.15) is 5.82 Å². The molecule has 1 aliphatic heterocycles. The average molecular weight is 257 g/mol. The van der Waals surface area contributed by atoms with Crippen LogP contribution in [0.4, 0.5) is 0 Å². The Kier molecular flexibility index (Phi) is 4.31. The molecule has 2 rings (SSSR count). The number of aromatic amines is 1. The summed E-state index contributed by atoms with van der Waals surface area (Å²) < 4.78 is 13.5. The van der Waals surface area contributed by atoms with Gasteiger partial charge in [0.25, 0.3) is 0 Å². The van der Waals surface area contributed by atoms with E-state index in [0.717, 1.165) is 31.8 Å². The standard InChI is InChI=1S/C11H19N3O2S/c1-3-9-8(4-6-16-9)10-12-13-11(17)14(10)5-7-15-2/h8-9H,3-7H2,1-2H3,(H,13,17). The summed E-state index contributed by atoms with van der Waals surface area (Å²) >= 11 is 5.25. The molecule has 2 heterocycles. The van der Waals surface area contributed by atoms with Crippen LogP contribution in [0.5, 0.6) is 0 Å². The van der Waals surface area contributed by atoms with E-state index in [0.29, 0.717) is 17.3 Å². The van der Waals surface area contributed by atoms with E-state index in [1.54, 1.807) is 7.11 Å². The Hall–Kier alpha value is -0.720. The molecule has 0 aromatic carbocycles. The van der Waals surface area contributed by atoms with Crippen molar-refractivity contribution in [2.24, 2.45) is 0 Å². The number of hydrogen-bond acceptors (Lipinski definition) is 4. The van der Waals surface area contributed by atoms with E-state index in [1.807, 2.05) is 4.57 Å². The molecule has 1 aromatic rings. The van der Waals surface area contributed by atoms with Crippen molar-refractivity contribution in [3.05, 3.63) is 10.6 Å². The van der Waals surface area contributed by atoms with Gasteiger partial charge in [-0.15, -0.1) is 0 Å². The molecule has 0 amide bonds. The van der Waals surface area contributed by atoms with Crippen molar-refractivity contribution in [2.45, 2.75) is 38.3 Å². The minimum absolute atomic E-state index is 0.265. The fraction of sp³-hybridized carbons (Fsp3) is 0.818. The fourth-order valence-electron chi connectivity index (χ4n) is 2.36. The molecule has 1 fully saturated rings. The Bertz CT molecular complexity index is 415. The fourth-order valence-corrected chi connectivity index (χ4v) is 2.59. The Morgan fingerprint density at radius 1 is 1.65 bits per heavy atom. The highest BCUT2D eigenvalue weighted by molar-refractivity contribution is 7.71. The molecule has 6 heteroatoms. The molecule has 5 nitrogen and oxygen atoms in total. The zero-order valence-corrected chi connectivity index (χ0v) is 11.1. The second-order valence-corrected chi connectivity index (χ2v) is 4.63. The first kappa shape index (κ1) is 12.7. The van der Waals surface area contributed by atoms with Crippen molar-refractivity contribution in [3.63, 3.8) is 0 Å². The molecule has 1 aliphatic rings. The summed E-state index contributed by atoms with van der Waals surface area (Å²) in [5.74, 6) is 1.36. The predicted octanol–water partition coefficient (Wildman–Crippen LogP) is 1.87. The van der Waals surface area contributed by atoms with E-state index >= 15 is 0 Å². The molecule has 0 saturated carbocycles. The zero-order chi connectivity index (χ0) is 12.3. The smallest absolute Gasteiger partial charge is 0.195 e.